The molecule has 0 bridgehead atoms. The molecule has 2 unspecified atom stereocenters. The van der Waals surface area contributed by atoms with Gasteiger partial charge in [-0.2, -0.15) is 0 Å². The van der Waals surface area contributed by atoms with Gasteiger partial charge in [0.05, 0.1) is 25.7 Å². The fourth-order valence-electron chi connectivity index (χ4n) is 2.58. The molecular formula is C15H19NO4. The minimum atomic E-state index is -0.257. The number of para-hydroxylation sites is 1. The zero-order chi connectivity index (χ0) is 14.7. The van der Waals surface area contributed by atoms with Crippen LogP contribution in [0, 0.1) is 11.8 Å². The highest BCUT2D eigenvalue weighted by molar-refractivity contribution is 5.97. The summed E-state index contributed by atoms with van der Waals surface area (Å²) < 4.78 is 9.99. The van der Waals surface area contributed by atoms with E-state index in [-0.39, 0.29) is 23.7 Å². The van der Waals surface area contributed by atoms with Crippen LogP contribution in [-0.4, -0.2) is 44.1 Å². The van der Waals surface area contributed by atoms with Crippen LogP contribution >= 0.6 is 0 Å². The smallest absolute Gasteiger partial charge is 0.310 e. The molecule has 0 aromatic heterocycles. The van der Waals surface area contributed by atoms with Crippen molar-refractivity contribution in [3.05, 3.63) is 29.8 Å². The summed E-state index contributed by atoms with van der Waals surface area (Å²) in [5, 5.41) is 0. The number of hydrogen-bond donors (Lipinski definition) is 0. The fraction of sp³-hybridized carbons (Fsp3) is 0.467. The third kappa shape index (κ3) is 2.61. The van der Waals surface area contributed by atoms with E-state index in [1.165, 1.54) is 14.2 Å². The Kier molecular flexibility index (Phi) is 4.27. The second kappa shape index (κ2) is 5.94. The number of carbonyl (C=O) groups is 2. The summed E-state index contributed by atoms with van der Waals surface area (Å²) in [5.74, 6) is 0.0277. The number of carbonyl (C=O) groups excluding carboxylic acids is 2. The maximum atomic E-state index is 12.5. The first-order valence-corrected chi connectivity index (χ1v) is 6.58. The number of rotatable bonds is 3. The molecule has 1 aromatic rings. The molecule has 0 aliphatic carbocycles. The standard InChI is InChI=1S/C15H19NO4/c1-10-8-16(9-12(10)15(18)20-3)14(17)11-6-4-5-7-13(11)19-2/h4-7,10,12H,8-9H2,1-3H3. The van der Waals surface area contributed by atoms with E-state index in [1.54, 1.807) is 23.1 Å². The Balaban J connectivity index is 2.17. The van der Waals surface area contributed by atoms with Crippen molar-refractivity contribution in [2.75, 3.05) is 27.3 Å². The van der Waals surface area contributed by atoms with E-state index >= 15 is 0 Å². The van der Waals surface area contributed by atoms with E-state index in [9.17, 15) is 9.59 Å². The number of amides is 1. The average Bonchev–Trinajstić information content (AvgIpc) is 2.87. The van der Waals surface area contributed by atoms with Gasteiger partial charge in [0.2, 0.25) is 0 Å². The Morgan fingerprint density at radius 2 is 1.90 bits per heavy atom. The molecule has 108 valence electrons. The van der Waals surface area contributed by atoms with Gasteiger partial charge in [-0.25, -0.2) is 0 Å². The normalized spacial score (nSPS) is 21.6. The van der Waals surface area contributed by atoms with Crippen molar-refractivity contribution in [2.45, 2.75) is 6.92 Å². The maximum absolute atomic E-state index is 12.5. The Bertz CT molecular complexity index is 514. The van der Waals surface area contributed by atoms with Gasteiger partial charge >= 0.3 is 5.97 Å². The lowest BCUT2D eigenvalue weighted by Crippen LogP contribution is -2.30. The lowest BCUT2D eigenvalue weighted by molar-refractivity contribution is -0.146. The lowest BCUT2D eigenvalue weighted by atomic mass is 9.99. The molecular weight excluding hydrogens is 258 g/mol. The first kappa shape index (κ1) is 14.4. The quantitative estimate of drug-likeness (QED) is 0.787. The third-order valence-corrected chi connectivity index (χ3v) is 3.74. The SMILES string of the molecule is COC(=O)C1CN(C(=O)c2ccccc2OC)CC1C. The van der Waals surface area contributed by atoms with Crippen molar-refractivity contribution in [3.8, 4) is 5.75 Å². The zero-order valence-corrected chi connectivity index (χ0v) is 12.0. The summed E-state index contributed by atoms with van der Waals surface area (Å²) in [5.41, 5.74) is 0.521. The third-order valence-electron chi connectivity index (χ3n) is 3.74. The monoisotopic (exact) mass is 277 g/mol. The van der Waals surface area contributed by atoms with Crippen LogP contribution in [0.1, 0.15) is 17.3 Å². The minimum Gasteiger partial charge on any atom is -0.496 e. The van der Waals surface area contributed by atoms with Gasteiger partial charge in [-0.1, -0.05) is 19.1 Å². The minimum absolute atomic E-state index is 0.0982. The van der Waals surface area contributed by atoms with Crippen LogP contribution < -0.4 is 4.74 Å². The molecule has 2 atom stereocenters. The largest absolute Gasteiger partial charge is 0.496 e. The number of likely N-dealkylation sites (tertiary alicyclic amines) is 1. The van der Waals surface area contributed by atoms with Crippen LogP contribution in [0.5, 0.6) is 5.75 Å². The van der Waals surface area contributed by atoms with Crippen LogP contribution in [-0.2, 0) is 9.53 Å². The summed E-state index contributed by atoms with van der Waals surface area (Å²) in [6.07, 6.45) is 0. The molecule has 20 heavy (non-hydrogen) atoms. The Hall–Kier alpha value is -2.04. The van der Waals surface area contributed by atoms with E-state index in [1.807, 2.05) is 13.0 Å². The summed E-state index contributed by atoms with van der Waals surface area (Å²) in [6, 6.07) is 7.11. The van der Waals surface area contributed by atoms with E-state index < -0.39 is 0 Å². The summed E-state index contributed by atoms with van der Waals surface area (Å²) in [7, 11) is 2.91. The van der Waals surface area contributed by atoms with E-state index in [0.29, 0.717) is 24.4 Å². The predicted molar refractivity (Wildman–Crippen MR) is 73.6 cm³/mol. The van der Waals surface area contributed by atoms with Gasteiger partial charge < -0.3 is 14.4 Å². The van der Waals surface area contributed by atoms with Gasteiger partial charge in [0.25, 0.3) is 5.91 Å². The van der Waals surface area contributed by atoms with Gasteiger partial charge in [0, 0.05) is 13.1 Å². The highest BCUT2D eigenvalue weighted by Crippen LogP contribution is 2.27. The van der Waals surface area contributed by atoms with Gasteiger partial charge in [-0.05, 0) is 18.1 Å². The second-order valence-corrected chi connectivity index (χ2v) is 5.02. The molecule has 0 spiro atoms. The first-order chi connectivity index (χ1) is 9.58. The number of methoxy groups -OCH3 is 2. The van der Waals surface area contributed by atoms with Crippen LogP contribution in [0.2, 0.25) is 0 Å². The molecule has 1 saturated heterocycles. The van der Waals surface area contributed by atoms with Crippen molar-refractivity contribution >= 4 is 11.9 Å². The molecule has 1 aliphatic heterocycles. The van der Waals surface area contributed by atoms with Crippen LogP contribution in [0.25, 0.3) is 0 Å². The van der Waals surface area contributed by atoms with Crippen LogP contribution in [0.3, 0.4) is 0 Å². The van der Waals surface area contributed by atoms with Crippen molar-refractivity contribution in [2.24, 2.45) is 11.8 Å². The van der Waals surface area contributed by atoms with Crippen LogP contribution in [0.4, 0.5) is 0 Å². The maximum Gasteiger partial charge on any atom is 0.310 e. The summed E-state index contributed by atoms with van der Waals surface area (Å²) >= 11 is 0. The molecule has 1 aliphatic rings. The van der Waals surface area contributed by atoms with Crippen molar-refractivity contribution < 1.29 is 19.1 Å². The Labute approximate surface area is 118 Å². The van der Waals surface area contributed by atoms with Crippen molar-refractivity contribution in [1.82, 2.24) is 4.90 Å². The summed E-state index contributed by atoms with van der Waals surface area (Å²) in [6.45, 7) is 2.90. The van der Waals surface area contributed by atoms with Crippen molar-refractivity contribution in [1.29, 1.82) is 0 Å². The highest BCUT2D eigenvalue weighted by atomic mass is 16.5. The van der Waals surface area contributed by atoms with Gasteiger partial charge in [-0.15, -0.1) is 0 Å². The number of esters is 1. The Morgan fingerprint density at radius 3 is 2.55 bits per heavy atom. The predicted octanol–water partition coefficient (Wildman–Crippen LogP) is 1.58. The van der Waals surface area contributed by atoms with Gasteiger partial charge in [0.15, 0.2) is 0 Å². The Morgan fingerprint density at radius 1 is 1.20 bits per heavy atom. The molecule has 5 nitrogen and oxygen atoms in total. The van der Waals surface area contributed by atoms with E-state index in [4.69, 9.17) is 9.47 Å². The molecule has 1 fully saturated rings. The number of benzene rings is 1. The highest BCUT2D eigenvalue weighted by Gasteiger charge is 2.38. The molecule has 1 amide bonds. The molecule has 0 saturated carbocycles. The topological polar surface area (TPSA) is 55.8 Å². The number of nitrogens with zero attached hydrogens (tertiary/aromatic N) is 1. The molecule has 1 heterocycles. The van der Waals surface area contributed by atoms with Crippen LogP contribution in [0.15, 0.2) is 24.3 Å². The number of hydrogen-bond acceptors (Lipinski definition) is 4. The van der Waals surface area contributed by atoms with Crippen molar-refractivity contribution in [3.63, 3.8) is 0 Å². The molecule has 2 rings (SSSR count). The zero-order valence-electron chi connectivity index (χ0n) is 12.0. The average molecular weight is 277 g/mol. The summed E-state index contributed by atoms with van der Waals surface area (Å²) in [4.78, 5) is 25.9. The molecule has 1 aromatic carbocycles. The van der Waals surface area contributed by atoms with E-state index in [2.05, 4.69) is 0 Å². The van der Waals surface area contributed by atoms with Gasteiger partial charge in [-0.3, -0.25) is 9.59 Å². The van der Waals surface area contributed by atoms with E-state index in [0.717, 1.165) is 0 Å². The first-order valence-electron chi connectivity index (χ1n) is 6.58. The fourth-order valence-corrected chi connectivity index (χ4v) is 2.58. The number of ether oxygens (including phenoxy) is 2. The lowest BCUT2D eigenvalue weighted by Gasteiger charge is -2.17. The molecule has 0 radical (unpaired) electrons. The molecule has 5 heteroatoms. The molecule has 0 N–H and O–H groups in total. The second-order valence-electron chi connectivity index (χ2n) is 5.02. The van der Waals surface area contributed by atoms with Gasteiger partial charge in [0.1, 0.15) is 5.75 Å².